The van der Waals surface area contributed by atoms with Crippen LogP contribution in [0.5, 0.6) is 0 Å². The highest BCUT2D eigenvalue weighted by atomic mass is 14.2. The molecule has 0 aromatic heterocycles. The van der Waals surface area contributed by atoms with Gasteiger partial charge in [-0.25, -0.2) is 0 Å². The molecule has 0 saturated carbocycles. The van der Waals surface area contributed by atoms with E-state index in [0.717, 1.165) is 0 Å². The highest BCUT2D eigenvalue weighted by Crippen LogP contribution is 2.28. The zero-order chi connectivity index (χ0) is 11.0. The van der Waals surface area contributed by atoms with Crippen LogP contribution in [0.1, 0.15) is 52.7 Å². The Hall–Kier alpha value is -0.715. The van der Waals surface area contributed by atoms with E-state index in [1.54, 1.807) is 0 Å². The number of benzene rings is 1. The lowest BCUT2D eigenvalue weighted by Crippen LogP contribution is -2.15. The standard InChI is InChI=1S/C14H22.B/c1-13(2,3)11-8-7-9-12(10-11)14(4,5)6;/h7-10H,1-6H3;. The summed E-state index contributed by atoms with van der Waals surface area (Å²) in [6.45, 7) is 13.6. The van der Waals surface area contributed by atoms with Crippen molar-refractivity contribution >= 4 is 8.41 Å². The molecular formula is C14H22B. The van der Waals surface area contributed by atoms with E-state index >= 15 is 0 Å². The monoisotopic (exact) mass is 201 g/mol. The molecule has 0 heterocycles. The summed E-state index contributed by atoms with van der Waals surface area (Å²) >= 11 is 0. The van der Waals surface area contributed by atoms with Crippen molar-refractivity contribution in [3.8, 4) is 0 Å². The molecule has 0 spiro atoms. The van der Waals surface area contributed by atoms with Gasteiger partial charge in [0.05, 0.1) is 0 Å². The molecule has 0 amide bonds. The highest BCUT2D eigenvalue weighted by Gasteiger charge is 2.18. The van der Waals surface area contributed by atoms with Gasteiger partial charge >= 0.3 is 0 Å². The summed E-state index contributed by atoms with van der Waals surface area (Å²) in [7, 11) is 0. The van der Waals surface area contributed by atoms with Crippen LogP contribution < -0.4 is 0 Å². The van der Waals surface area contributed by atoms with Crippen LogP contribution in [0, 0.1) is 0 Å². The second-order valence-electron chi connectivity index (χ2n) is 6.08. The molecule has 0 atom stereocenters. The van der Waals surface area contributed by atoms with Gasteiger partial charge in [-0.3, -0.25) is 0 Å². The van der Waals surface area contributed by atoms with Crippen LogP contribution in [-0.2, 0) is 10.8 Å². The van der Waals surface area contributed by atoms with Crippen molar-refractivity contribution in [3.05, 3.63) is 35.4 Å². The Labute approximate surface area is 96.7 Å². The topological polar surface area (TPSA) is 0 Å². The van der Waals surface area contributed by atoms with Gasteiger partial charge < -0.3 is 0 Å². The normalized spacial score (nSPS) is 12.1. The third-order valence-corrected chi connectivity index (χ3v) is 2.59. The van der Waals surface area contributed by atoms with Crippen LogP contribution >= 0.6 is 0 Å². The zero-order valence-corrected chi connectivity index (χ0v) is 10.9. The van der Waals surface area contributed by atoms with Crippen molar-refractivity contribution in [2.45, 2.75) is 52.4 Å². The molecular weight excluding hydrogens is 179 g/mol. The van der Waals surface area contributed by atoms with Crippen LogP contribution in [0.15, 0.2) is 24.3 Å². The quantitative estimate of drug-likeness (QED) is 0.558. The van der Waals surface area contributed by atoms with Gasteiger partial charge in [0.2, 0.25) is 0 Å². The Morgan fingerprint density at radius 3 is 1.33 bits per heavy atom. The first-order chi connectivity index (χ1) is 6.21. The van der Waals surface area contributed by atoms with E-state index in [1.807, 2.05) is 0 Å². The van der Waals surface area contributed by atoms with Gasteiger partial charge in [0.25, 0.3) is 0 Å². The summed E-state index contributed by atoms with van der Waals surface area (Å²) in [6.07, 6.45) is 0. The molecule has 1 aromatic rings. The maximum atomic E-state index is 2.33. The van der Waals surface area contributed by atoms with Gasteiger partial charge in [-0.15, -0.1) is 0 Å². The summed E-state index contributed by atoms with van der Waals surface area (Å²) in [5.41, 5.74) is 3.34. The number of hydrogen-bond acceptors (Lipinski definition) is 0. The first-order valence-electron chi connectivity index (χ1n) is 5.32. The van der Waals surface area contributed by atoms with E-state index in [2.05, 4.69) is 65.8 Å². The Kier molecular flexibility index (Phi) is 4.21. The molecule has 3 radical (unpaired) electrons. The first-order valence-corrected chi connectivity index (χ1v) is 5.32. The van der Waals surface area contributed by atoms with E-state index in [-0.39, 0.29) is 19.2 Å². The maximum Gasteiger partial charge on any atom is 0 e. The minimum atomic E-state index is 0. The molecule has 0 bridgehead atoms. The molecule has 0 unspecified atom stereocenters. The predicted octanol–water partition coefficient (Wildman–Crippen LogP) is 3.90. The van der Waals surface area contributed by atoms with Crippen LogP contribution in [0.25, 0.3) is 0 Å². The van der Waals surface area contributed by atoms with E-state index in [1.165, 1.54) is 11.1 Å². The van der Waals surface area contributed by atoms with Gasteiger partial charge in [-0.05, 0) is 22.0 Å². The highest BCUT2D eigenvalue weighted by molar-refractivity contribution is 5.75. The molecule has 0 aliphatic carbocycles. The summed E-state index contributed by atoms with van der Waals surface area (Å²) in [5.74, 6) is 0. The number of rotatable bonds is 0. The van der Waals surface area contributed by atoms with E-state index in [9.17, 15) is 0 Å². The van der Waals surface area contributed by atoms with Crippen molar-refractivity contribution in [1.29, 1.82) is 0 Å². The van der Waals surface area contributed by atoms with Gasteiger partial charge in [0, 0.05) is 8.41 Å². The molecule has 0 nitrogen and oxygen atoms in total. The third kappa shape index (κ3) is 3.73. The second-order valence-corrected chi connectivity index (χ2v) is 6.08. The molecule has 81 valence electrons. The fourth-order valence-electron chi connectivity index (χ4n) is 1.45. The summed E-state index contributed by atoms with van der Waals surface area (Å²) < 4.78 is 0. The molecule has 0 aliphatic rings. The van der Waals surface area contributed by atoms with Crippen molar-refractivity contribution in [2.75, 3.05) is 0 Å². The number of hydrogen-bond donors (Lipinski definition) is 0. The Morgan fingerprint density at radius 2 is 1.07 bits per heavy atom. The van der Waals surface area contributed by atoms with E-state index in [0.29, 0.717) is 0 Å². The average molecular weight is 201 g/mol. The van der Waals surface area contributed by atoms with E-state index in [4.69, 9.17) is 0 Å². The first kappa shape index (κ1) is 14.3. The lowest BCUT2D eigenvalue weighted by Gasteiger charge is -2.24. The van der Waals surface area contributed by atoms with Crippen molar-refractivity contribution in [2.24, 2.45) is 0 Å². The van der Waals surface area contributed by atoms with Crippen LogP contribution in [-0.4, -0.2) is 8.41 Å². The average Bonchev–Trinajstić information content (AvgIpc) is 2.01. The summed E-state index contributed by atoms with van der Waals surface area (Å²) in [4.78, 5) is 0. The second kappa shape index (κ2) is 4.43. The third-order valence-electron chi connectivity index (χ3n) is 2.59. The molecule has 15 heavy (non-hydrogen) atoms. The van der Waals surface area contributed by atoms with Gasteiger partial charge in [0.1, 0.15) is 0 Å². The molecule has 0 fully saturated rings. The fraction of sp³-hybridized carbons (Fsp3) is 0.571. The maximum absolute atomic E-state index is 2.33. The Balaban J connectivity index is 0.00000196. The summed E-state index contributed by atoms with van der Waals surface area (Å²) in [5, 5.41) is 0. The van der Waals surface area contributed by atoms with Gasteiger partial charge in [-0.1, -0.05) is 65.8 Å². The molecule has 1 heteroatoms. The van der Waals surface area contributed by atoms with Crippen molar-refractivity contribution in [1.82, 2.24) is 0 Å². The lowest BCUT2D eigenvalue weighted by atomic mass is 9.81. The molecule has 0 aliphatic heterocycles. The van der Waals surface area contributed by atoms with Crippen molar-refractivity contribution < 1.29 is 0 Å². The summed E-state index contributed by atoms with van der Waals surface area (Å²) in [6, 6.07) is 8.94. The molecule has 1 rings (SSSR count). The SMILES string of the molecule is CC(C)(C)c1cccc(C(C)(C)C)c1.[B]. The predicted molar refractivity (Wildman–Crippen MR) is 69.6 cm³/mol. The van der Waals surface area contributed by atoms with Crippen LogP contribution in [0.3, 0.4) is 0 Å². The minimum absolute atomic E-state index is 0. The largest absolute Gasteiger partial charge is 0.0617 e. The zero-order valence-electron chi connectivity index (χ0n) is 10.9. The van der Waals surface area contributed by atoms with Crippen LogP contribution in [0.4, 0.5) is 0 Å². The van der Waals surface area contributed by atoms with Gasteiger partial charge in [-0.2, -0.15) is 0 Å². The van der Waals surface area contributed by atoms with Gasteiger partial charge in [0.15, 0.2) is 0 Å². The Bertz CT molecular complexity index is 284. The minimum Gasteiger partial charge on any atom is -0.0617 e. The van der Waals surface area contributed by atoms with Crippen molar-refractivity contribution in [3.63, 3.8) is 0 Å². The molecule has 1 aromatic carbocycles. The molecule has 0 saturated heterocycles. The Morgan fingerprint density at radius 1 is 0.733 bits per heavy atom. The lowest BCUT2D eigenvalue weighted by molar-refractivity contribution is 0.568. The molecule has 0 N–H and O–H groups in total. The smallest absolute Gasteiger partial charge is 0 e. The van der Waals surface area contributed by atoms with E-state index < -0.39 is 0 Å². The van der Waals surface area contributed by atoms with Crippen LogP contribution in [0.2, 0.25) is 0 Å². The fourth-order valence-corrected chi connectivity index (χ4v) is 1.45.